The van der Waals surface area contributed by atoms with Crippen LogP contribution in [0.5, 0.6) is 0 Å². The molecular formula is C13H29NSi. The Morgan fingerprint density at radius 2 is 1.80 bits per heavy atom. The summed E-state index contributed by atoms with van der Waals surface area (Å²) < 4.78 is 0. The number of rotatable bonds is 6. The van der Waals surface area contributed by atoms with Gasteiger partial charge in [-0.2, -0.15) is 0 Å². The van der Waals surface area contributed by atoms with E-state index >= 15 is 0 Å². The Morgan fingerprint density at radius 3 is 2.27 bits per heavy atom. The normalized spacial score (nSPS) is 20.8. The van der Waals surface area contributed by atoms with Crippen LogP contribution >= 0.6 is 0 Å². The molecule has 1 aliphatic rings. The van der Waals surface area contributed by atoms with Crippen LogP contribution < -0.4 is 5.32 Å². The second-order valence-corrected chi connectivity index (χ2v) is 11.9. The van der Waals surface area contributed by atoms with Gasteiger partial charge >= 0.3 is 0 Å². The molecule has 1 nitrogen and oxygen atoms in total. The zero-order valence-corrected chi connectivity index (χ0v) is 12.1. The molecule has 1 rings (SSSR count). The van der Waals surface area contributed by atoms with E-state index in [1.165, 1.54) is 38.3 Å². The Balaban J connectivity index is 2.44. The fourth-order valence-electron chi connectivity index (χ4n) is 2.95. The maximum atomic E-state index is 3.57. The molecule has 90 valence electrons. The van der Waals surface area contributed by atoms with Gasteiger partial charge in [-0.05, 0) is 24.9 Å². The fourth-order valence-corrected chi connectivity index (χ4v) is 5.00. The highest BCUT2D eigenvalue weighted by atomic mass is 28.3. The highest BCUT2D eigenvalue weighted by Crippen LogP contribution is 2.35. The van der Waals surface area contributed by atoms with Crippen molar-refractivity contribution in [1.29, 1.82) is 0 Å². The summed E-state index contributed by atoms with van der Waals surface area (Å²) in [5.41, 5.74) is 0. The average Bonchev–Trinajstić information content (AvgIpc) is 2.63. The topological polar surface area (TPSA) is 12.0 Å². The summed E-state index contributed by atoms with van der Waals surface area (Å²) in [4.78, 5) is 0. The molecule has 1 aliphatic carbocycles. The first-order chi connectivity index (χ1) is 7.03. The van der Waals surface area contributed by atoms with E-state index in [1.54, 1.807) is 0 Å². The molecule has 2 heteroatoms. The zero-order valence-electron chi connectivity index (χ0n) is 11.1. The third kappa shape index (κ3) is 5.16. The van der Waals surface area contributed by atoms with Crippen LogP contribution in [-0.2, 0) is 0 Å². The maximum absolute atomic E-state index is 3.57. The first-order valence-electron chi connectivity index (χ1n) is 6.73. The Kier molecular flexibility index (Phi) is 5.34. The lowest BCUT2D eigenvalue weighted by Gasteiger charge is -2.29. The Hall–Kier alpha value is 0.177. The fraction of sp³-hybridized carbons (Fsp3) is 1.00. The number of hydrogen-bond donors (Lipinski definition) is 1. The maximum Gasteiger partial charge on any atom is 0.0446 e. The Bertz CT molecular complexity index is 168. The third-order valence-corrected chi connectivity index (χ3v) is 5.35. The van der Waals surface area contributed by atoms with Gasteiger partial charge in [0.25, 0.3) is 0 Å². The van der Waals surface area contributed by atoms with E-state index in [0.29, 0.717) is 0 Å². The summed E-state index contributed by atoms with van der Waals surface area (Å²) in [6.45, 7) is 12.2. The predicted molar refractivity (Wildman–Crippen MR) is 72.1 cm³/mol. The minimum absolute atomic E-state index is 0.878. The Morgan fingerprint density at radius 1 is 1.20 bits per heavy atom. The summed E-state index contributed by atoms with van der Waals surface area (Å²) in [6.07, 6.45) is 5.97. The summed E-state index contributed by atoms with van der Waals surface area (Å²) in [5, 5.41) is 3.57. The van der Waals surface area contributed by atoms with Crippen molar-refractivity contribution in [2.45, 2.75) is 58.3 Å². The van der Waals surface area contributed by atoms with E-state index < -0.39 is 8.07 Å². The van der Waals surface area contributed by atoms with Crippen molar-refractivity contribution in [2.24, 2.45) is 11.8 Å². The van der Waals surface area contributed by atoms with Crippen LogP contribution in [0.3, 0.4) is 0 Å². The molecule has 1 fully saturated rings. The molecule has 0 radical (unpaired) electrons. The molecule has 0 aliphatic heterocycles. The molecule has 0 amide bonds. The first-order valence-corrected chi connectivity index (χ1v) is 10.4. The predicted octanol–water partition coefficient (Wildman–Crippen LogP) is 3.74. The van der Waals surface area contributed by atoms with Gasteiger partial charge in [0.2, 0.25) is 0 Å². The molecule has 0 bridgehead atoms. The summed E-state index contributed by atoms with van der Waals surface area (Å²) in [5.74, 6) is 2.01. The smallest absolute Gasteiger partial charge is 0.0446 e. The van der Waals surface area contributed by atoms with Gasteiger partial charge < -0.3 is 5.32 Å². The third-order valence-electron chi connectivity index (χ3n) is 3.60. The van der Waals surface area contributed by atoms with Gasteiger partial charge in [-0.25, -0.2) is 0 Å². The van der Waals surface area contributed by atoms with Gasteiger partial charge in [0, 0.05) is 8.07 Å². The van der Waals surface area contributed by atoms with Gasteiger partial charge in [0.15, 0.2) is 0 Å². The minimum atomic E-state index is -0.878. The molecule has 1 atom stereocenters. The van der Waals surface area contributed by atoms with Crippen LogP contribution in [-0.4, -0.2) is 21.2 Å². The van der Waals surface area contributed by atoms with Crippen molar-refractivity contribution >= 4 is 8.07 Å². The molecule has 1 unspecified atom stereocenters. The highest BCUT2D eigenvalue weighted by Gasteiger charge is 2.28. The molecule has 0 aromatic carbocycles. The van der Waals surface area contributed by atoms with Gasteiger partial charge in [-0.1, -0.05) is 58.3 Å². The number of hydrogen-bond acceptors (Lipinski definition) is 1. The second kappa shape index (κ2) is 6.05. The lowest BCUT2D eigenvalue weighted by molar-refractivity contribution is 0.348. The largest absolute Gasteiger partial charge is 0.317 e. The van der Waals surface area contributed by atoms with Gasteiger partial charge in [-0.3, -0.25) is 0 Å². The second-order valence-electron chi connectivity index (χ2n) is 6.38. The first kappa shape index (κ1) is 13.2. The van der Waals surface area contributed by atoms with Crippen molar-refractivity contribution in [1.82, 2.24) is 5.32 Å². The Labute approximate surface area is 97.0 Å². The van der Waals surface area contributed by atoms with E-state index in [0.717, 1.165) is 18.4 Å². The van der Waals surface area contributed by atoms with E-state index in [-0.39, 0.29) is 0 Å². The summed E-state index contributed by atoms with van der Waals surface area (Å²) in [7, 11) is -0.878. The van der Waals surface area contributed by atoms with Crippen molar-refractivity contribution in [3.8, 4) is 0 Å². The SMILES string of the molecule is CCNCC(C[Si](C)(C)C)C1CCCC1. The van der Waals surface area contributed by atoms with Crippen molar-refractivity contribution in [3.63, 3.8) is 0 Å². The van der Waals surface area contributed by atoms with E-state index in [4.69, 9.17) is 0 Å². The van der Waals surface area contributed by atoms with E-state index in [1.807, 2.05) is 0 Å². The van der Waals surface area contributed by atoms with Crippen LogP contribution in [0.25, 0.3) is 0 Å². The van der Waals surface area contributed by atoms with Crippen LogP contribution in [0.15, 0.2) is 0 Å². The summed E-state index contributed by atoms with van der Waals surface area (Å²) >= 11 is 0. The molecular weight excluding hydrogens is 198 g/mol. The highest BCUT2D eigenvalue weighted by molar-refractivity contribution is 6.76. The van der Waals surface area contributed by atoms with Gasteiger partial charge in [-0.15, -0.1) is 0 Å². The molecule has 0 aromatic rings. The quantitative estimate of drug-likeness (QED) is 0.682. The summed E-state index contributed by atoms with van der Waals surface area (Å²) in [6, 6.07) is 1.52. The van der Waals surface area contributed by atoms with Crippen molar-refractivity contribution in [3.05, 3.63) is 0 Å². The molecule has 15 heavy (non-hydrogen) atoms. The zero-order chi connectivity index (χ0) is 11.3. The van der Waals surface area contributed by atoms with E-state index in [2.05, 4.69) is 31.9 Å². The molecule has 0 spiro atoms. The minimum Gasteiger partial charge on any atom is -0.317 e. The monoisotopic (exact) mass is 227 g/mol. The van der Waals surface area contributed by atoms with Crippen LogP contribution in [0.2, 0.25) is 25.7 Å². The standard InChI is InChI=1S/C13H29NSi/c1-5-14-10-13(11-15(2,3)4)12-8-6-7-9-12/h12-14H,5-11H2,1-4H3. The van der Waals surface area contributed by atoms with Crippen LogP contribution in [0.1, 0.15) is 32.6 Å². The molecule has 0 heterocycles. The lowest BCUT2D eigenvalue weighted by Crippen LogP contribution is -2.34. The van der Waals surface area contributed by atoms with E-state index in [9.17, 15) is 0 Å². The van der Waals surface area contributed by atoms with Crippen molar-refractivity contribution in [2.75, 3.05) is 13.1 Å². The molecule has 0 aromatic heterocycles. The van der Waals surface area contributed by atoms with Crippen LogP contribution in [0, 0.1) is 11.8 Å². The van der Waals surface area contributed by atoms with Gasteiger partial charge in [0.1, 0.15) is 0 Å². The van der Waals surface area contributed by atoms with Gasteiger partial charge in [0.05, 0.1) is 0 Å². The van der Waals surface area contributed by atoms with Crippen molar-refractivity contribution < 1.29 is 0 Å². The lowest BCUT2D eigenvalue weighted by atomic mass is 9.92. The molecule has 0 saturated heterocycles. The van der Waals surface area contributed by atoms with Crippen LogP contribution in [0.4, 0.5) is 0 Å². The number of nitrogens with one attached hydrogen (secondary N) is 1. The molecule has 1 N–H and O–H groups in total. The average molecular weight is 227 g/mol. The molecule has 1 saturated carbocycles.